The van der Waals surface area contributed by atoms with Crippen molar-refractivity contribution in [3.63, 3.8) is 0 Å². The lowest BCUT2D eigenvalue weighted by atomic mass is 10.0. The number of aryl methyl sites for hydroxylation is 1. The molecule has 1 atom stereocenters. The highest BCUT2D eigenvalue weighted by Crippen LogP contribution is 2.25. The van der Waals surface area contributed by atoms with E-state index in [1.165, 1.54) is 0 Å². The van der Waals surface area contributed by atoms with E-state index in [0.717, 1.165) is 48.6 Å². The Morgan fingerprint density at radius 3 is 3.00 bits per heavy atom. The molecule has 0 bridgehead atoms. The summed E-state index contributed by atoms with van der Waals surface area (Å²) >= 11 is 1.83. The number of sulfonamides is 1. The van der Waals surface area contributed by atoms with E-state index in [9.17, 15) is 8.42 Å². The number of thioether (sulfide) groups is 1. The average Bonchev–Trinajstić information content (AvgIpc) is 2.46. The molecule has 0 aliphatic carbocycles. The topological polar surface area (TPSA) is 58.2 Å². The van der Waals surface area contributed by atoms with Gasteiger partial charge in [0.15, 0.2) is 0 Å². The standard InChI is InChI=1S/C15H24N2O2S2/c1-3-20-10-8-12(2)17-21(18,19)14-6-7-15-13(11-14)5-4-9-16-15/h6-7,11-12,16-17H,3-5,8-10H2,1-2H3. The van der Waals surface area contributed by atoms with Crippen molar-refractivity contribution in [2.24, 2.45) is 0 Å². The lowest BCUT2D eigenvalue weighted by Gasteiger charge is -2.19. The Bertz CT molecular complexity index is 573. The lowest BCUT2D eigenvalue weighted by molar-refractivity contribution is 0.557. The van der Waals surface area contributed by atoms with Gasteiger partial charge >= 0.3 is 0 Å². The number of rotatable bonds is 7. The number of fused-ring (bicyclic) bond motifs is 1. The molecule has 1 aromatic carbocycles. The summed E-state index contributed by atoms with van der Waals surface area (Å²) in [7, 11) is -3.42. The van der Waals surface area contributed by atoms with E-state index in [0.29, 0.717) is 4.90 Å². The van der Waals surface area contributed by atoms with Crippen LogP contribution in [0.4, 0.5) is 5.69 Å². The van der Waals surface area contributed by atoms with Crippen LogP contribution in [0.3, 0.4) is 0 Å². The molecule has 0 radical (unpaired) electrons. The summed E-state index contributed by atoms with van der Waals surface area (Å²) < 4.78 is 27.6. The van der Waals surface area contributed by atoms with E-state index in [2.05, 4.69) is 17.0 Å². The maximum Gasteiger partial charge on any atom is 0.240 e. The molecule has 0 aromatic heterocycles. The molecule has 4 nitrogen and oxygen atoms in total. The zero-order valence-electron chi connectivity index (χ0n) is 12.7. The summed E-state index contributed by atoms with van der Waals surface area (Å²) in [5.41, 5.74) is 2.16. The first-order chi connectivity index (χ1) is 10.0. The second-order valence-electron chi connectivity index (χ2n) is 5.36. The van der Waals surface area contributed by atoms with Crippen LogP contribution in [-0.2, 0) is 16.4 Å². The summed E-state index contributed by atoms with van der Waals surface area (Å²) in [4.78, 5) is 0.375. The Morgan fingerprint density at radius 2 is 2.24 bits per heavy atom. The van der Waals surface area contributed by atoms with Gasteiger partial charge in [-0.05, 0) is 61.5 Å². The molecule has 21 heavy (non-hydrogen) atoms. The highest BCUT2D eigenvalue weighted by atomic mass is 32.2. The Labute approximate surface area is 132 Å². The smallest absolute Gasteiger partial charge is 0.240 e. The molecule has 1 heterocycles. The van der Waals surface area contributed by atoms with Crippen LogP contribution in [0.25, 0.3) is 0 Å². The molecule has 0 fully saturated rings. The predicted molar refractivity (Wildman–Crippen MR) is 90.7 cm³/mol. The highest BCUT2D eigenvalue weighted by molar-refractivity contribution is 7.99. The fourth-order valence-corrected chi connectivity index (χ4v) is 4.55. The zero-order valence-corrected chi connectivity index (χ0v) is 14.3. The van der Waals surface area contributed by atoms with E-state index in [1.54, 1.807) is 12.1 Å². The minimum absolute atomic E-state index is 0.0387. The maximum absolute atomic E-state index is 12.4. The summed E-state index contributed by atoms with van der Waals surface area (Å²) in [5.74, 6) is 2.05. The number of hydrogen-bond donors (Lipinski definition) is 2. The summed E-state index contributed by atoms with van der Waals surface area (Å²) in [6, 6.07) is 5.33. The van der Waals surface area contributed by atoms with Crippen LogP contribution in [0.15, 0.2) is 23.1 Å². The lowest BCUT2D eigenvalue weighted by Crippen LogP contribution is -2.33. The van der Waals surface area contributed by atoms with Gasteiger partial charge in [-0.15, -0.1) is 0 Å². The van der Waals surface area contributed by atoms with Gasteiger partial charge < -0.3 is 5.32 Å². The fourth-order valence-electron chi connectivity index (χ4n) is 2.41. The fraction of sp³-hybridized carbons (Fsp3) is 0.600. The third kappa shape index (κ3) is 4.63. The van der Waals surface area contributed by atoms with Gasteiger partial charge in [-0.3, -0.25) is 0 Å². The molecular formula is C15H24N2O2S2. The van der Waals surface area contributed by atoms with Crippen molar-refractivity contribution >= 4 is 27.5 Å². The van der Waals surface area contributed by atoms with Gasteiger partial charge in [0.25, 0.3) is 0 Å². The largest absolute Gasteiger partial charge is 0.385 e. The molecule has 1 aliphatic heterocycles. The molecule has 2 N–H and O–H groups in total. The minimum Gasteiger partial charge on any atom is -0.385 e. The molecule has 1 aliphatic rings. The summed E-state index contributed by atoms with van der Waals surface area (Å²) in [5, 5.41) is 3.30. The first-order valence-electron chi connectivity index (χ1n) is 7.50. The zero-order chi connectivity index (χ0) is 15.3. The molecule has 0 amide bonds. The second kappa shape index (κ2) is 7.51. The van der Waals surface area contributed by atoms with Crippen molar-refractivity contribution in [1.82, 2.24) is 4.72 Å². The van der Waals surface area contributed by atoms with Crippen molar-refractivity contribution in [3.05, 3.63) is 23.8 Å². The van der Waals surface area contributed by atoms with Crippen LogP contribution in [0.5, 0.6) is 0 Å². The average molecular weight is 329 g/mol. The molecular weight excluding hydrogens is 304 g/mol. The third-order valence-corrected chi connectivity index (χ3v) is 6.10. The van der Waals surface area contributed by atoms with Crippen LogP contribution < -0.4 is 10.0 Å². The molecule has 0 saturated heterocycles. The summed E-state index contributed by atoms with van der Waals surface area (Å²) in [6.07, 6.45) is 2.84. The molecule has 2 rings (SSSR count). The van der Waals surface area contributed by atoms with Gasteiger partial charge in [0.05, 0.1) is 4.90 Å². The quantitative estimate of drug-likeness (QED) is 0.756. The van der Waals surface area contributed by atoms with Crippen molar-refractivity contribution in [1.29, 1.82) is 0 Å². The SMILES string of the molecule is CCSCCC(C)NS(=O)(=O)c1ccc2c(c1)CCCN2. The van der Waals surface area contributed by atoms with E-state index in [-0.39, 0.29) is 6.04 Å². The Hall–Kier alpha value is -0.720. The van der Waals surface area contributed by atoms with Gasteiger partial charge in [-0.25, -0.2) is 13.1 Å². The normalized spacial score (nSPS) is 16.1. The minimum atomic E-state index is -3.42. The van der Waals surface area contributed by atoms with E-state index in [4.69, 9.17) is 0 Å². The molecule has 0 saturated carbocycles. The van der Waals surface area contributed by atoms with Crippen LogP contribution in [0, 0.1) is 0 Å². The van der Waals surface area contributed by atoms with Crippen LogP contribution in [-0.4, -0.2) is 32.5 Å². The monoisotopic (exact) mass is 328 g/mol. The van der Waals surface area contributed by atoms with Gasteiger partial charge in [0.1, 0.15) is 0 Å². The first-order valence-corrected chi connectivity index (χ1v) is 10.1. The van der Waals surface area contributed by atoms with Crippen molar-refractivity contribution in [2.45, 2.75) is 44.0 Å². The van der Waals surface area contributed by atoms with Crippen LogP contribution >= 0.6 is 11.8 Å². The van der Waals surface area contributed by atoms with Crippen molar-refractivity contribution in [3.8, 4) is 0 Å². The van der Waals surface area contributed by atoms with Gasteiger partial charge in [0.2, 0.25) is 10.0 Å². The Morgan fingerprint density at radius 1 is 1.43 bits per heavy atom. The van der Waals surface area contributed by atoms with E-state index in [1.807, 2.05) is 24.8 Å². The highest BCUT2D eigenvalue weighted by Gasteiger charge is 2.19. The van der Waals surface area contributed by atoms with E-state index >= 15 is 0 Å². The van der Waals surface area contributed by atoms with E-state index < -0.39 is 10.0 Å². The first kappa shape index (κ1) is 16.6. The van der Waals surface area contributed by atoms with Crippen molar-refractivity contribution in [2.75, 3.05) is 23.4 Å². The maximum atomic E-state index is 12.4. The number of nitrogens with one attached hydrogen (secondary N) is 2. The number of benzene rings is 1. The second-order valence-corrected chi connectivity index (χ2v) is 8.47. The summed E-state index contributed by atoms with van der Waals surface area (Å²) in [6.45, 7) is 5.00. The Balaban J connectivity index is 2.05. The molecule has 1 unspecified atom stereocenters. The van der Waals surface area contributed by atoms with Gasteiger partial charge in [-0.2, -0.15) is 11.8 Å². The number of anilines is 1. The molecule has 6 heteroatoms. The predicted octanol–water partition coefficient (Wildman–Crippen LogP) is 2.85. The van der Waals surface area contributed by atoms with Crippen LogP contribution in [0.1, 0.15) is 32.3 Å². The van der Waals surface area contributed by atoms with Crippen LogP contribution in [0.2, 0.25) is 0 Å². The Kier molecular flexibility index (Phi) is 5.96. The van der Waals surface area contributed by atoms with Crippen molar-refractivity contribution < 1.29 is 8.42 Å². The third-order valence-electron chi connectivity index (χ3n) is 3.58. The molecule has 0 spiro atoms. The van der Waals surface area contributed by atoms with Gasteiger partial charge in [-0.1, -0.05) is 6.92 Å². The molecule has 118 valence electrons. The van der Waals surface area contributed by atoms with Gasteiger partial charge in [0, 0.05) is 18.3 Å². The molecule has 1 aromatic rings. The number of hydrogen-bond acceptors (Lipinski definition) is 4.